The lowest BCUT2D eigenvalue weighted by Crippen LogP contribution is -2.12. The van der Waals surface area contributed by atoms with E-state index in [0.717, 1.165) is 0 Å². The molecule has 0 spiro atoms. The summed E-state index contributed by atoms with van der Waals surface area (Å²) in [7, 11) is 0. The molecular formula is C17H11Cl2N3O4. The van der Waals surface area contributed by atoms with E-state index in [1.807, 2.05) is 0 Å². The highest BCUT2D eigenvalue weighted by Crippen LogP contribution is 2.33. The number of ether oxygens (including phenoxy) is 2. The fraction of sp³-hybridized carbons (Fsp3) is 0.118. The number of para-hydroxylation sites is 1. The second kappa shape index (κ2) is 6.86. The van der Waals surface area contributed by atoms with Gasteiger partial charge >= 0.3 is 0 Å². The molecule has 1 aromatic heterocycles. The van der Waals surface area contributed by atoms with Crippen LogP contribution in [-0.4, -0.2) is 22.8 Å². The lowest BCUT2D eigenvalue weighted by molar-refractivity contribution is 0.102. The molecular weight excluding hydrogens is 381 g/mol. The van der Waals surface area contributed by atoms with Gasteiger partial charge in [0.25, 0.3) is 11.8 Å². The molecule has 2 aromatic carbocycles. The Hall–Kier alpha value is -2.77. The van der Waals surface area contributed by atoms with Crippen LogP contribution in [-0.2, 0) is 0 Å². The largest absolute Gasteiger partial charge is 0.454 e. The Kier molecular flexibility index (Phi) is 4.40. The van der Waals surface area contributed by atoms with Gasteiger partial charge in [-0.2, -0.15) is 4.98 Å². The highest BCUT2D eigenvalue weighted by Gasteiger charge is 2.19. The summed E-state index contributed by atoms with van der Waals surface area (Å²) < 4.78 is 15.6. The number of rotatable bonds is 4. The van der Waals surface area contributed by atoms with Crippen molar-refractivity contribution in [2.24, 2.45) is 0 Å². The van der Waals surface area contributed by atoms with Gasteiger partial charge in [-0.25, -0.2) is 0 Å². The van der Waals surface area contributed by atoms with Gasteiger partial charge in [-0.05, 0) is 30.3 Å². The van der Waals surface area contributed by atoms with E-state index in [1.165, 1.54) is 0 Å². The molecule has 1 aliphatic rings. The molecule has 1 N–H and O–H groups in total. The van der Waals surface area contributed by atoms with Crippen LogP contribution in [0, 0.1) is 0 Å². The third-order valence-electron chi connectivity index (χ3n) is 3.68. The van der Waals surface area contributed by atoms with Gasteiger partial charge in [0.15, 0.2) is 16.3 Å². The number of nitrogens with one attached hydrogen (secondary N) is 1. The van der Waals surface area contributed by atoms with Gasteiger partial charge in [0.2, 0.25) is 12.6 Å². The van der Waals surface area contributed by atoms with Crippen LogP contribution in [0.15, 0.2) is 47.0 Å². The van der Waals surface area contributed by atoms with Crippen LogP contribution in [0.3, 0.4) is 0 Å². The SMILES string of the molecule is O=C(Nc1ccccc1-c1noc(C(Cl)Cl)n1)c1ccc2c(c1)OCO2. The van der Waals surface area contributed by atoms with E-state index in [9.17, 15) is 4.79 Å². The second-order valence-corrected chi connectivity index (χ2v) is 6.42. The van der Waals surface area contributed by atoms with Crippen molar-refractivity contribution >= 4 is 34.8 Å². The Bertz CT molecular complexity index is 974. The molecule has 1 amide bonds. The molecule has 9 heteroatoms. The molecule has 0 saturated heterocycles. The summed E-state index contributed by atoms with van der Waals surface area (Å²) in [6.07, 6.45) is 0. The highest BCUT2D eigenvalue weighted by atomic mass is 35.5. The van der Waals surface area contributed by atoms with E-state index in [2.05, 4.69) is 15.5 Å². The topological polar surface area (TPSA) is 86.5 Å². The summed E-state index contributed by atoms with van der Waals surface area (Å²) in [4.78, 5) is 15.8. The third-order valence-corrected chi connectivity index (χ3v) is 4.05. The van der Waals surface area contributed by atoms with E-state index in [-0.39, 0.29) is 24.4 Å². The van der Waals surface area contributed by atoms with Gasteiger partial charge in [-0.3, -0.25) is 4.79 Å². The number of amides is 1. The quantitative estimate of drug-likeness (QED) is 0.670. The number of halogens is 2. The molecule has 0 radical (unpaired) electrons. The molecule has 3 aromatic rings. The first-order valence-electron chi connectivity index (χ1n) is 7.54. The summed E-state index contributed by atoms with van der Waals surface area (Å²) >= 11 is 11.5. The van der Waals surface area contributed by atoms with Crippen molar-refractivity contribution in [3.8, 4) is 22.9 Å². The van der Waals surface area contributed by atoms with Crippen molar-refractivity contribution in [3.05, 3.63) is 53.9 Å². The number of nitrogens with zero attached hydrogens (tertiary/aromatic N) is 2. The van der Waals surface area contributed by atoms with E-state index in [0.29, 0.717) is 28.3 Å². The normalized spacial score (nSPS) is 12.4. The van der Waals surface area contributed by atoms with Crippen molar-refractivity contribution in [2.45, 2.75) is 4.84 Å². The minimum absolute atomic E-state index is 0.0835. The molecule has 2 heterocycles. The van der Waals surface area contributed by atoms with Crippen LogP contribution in [0.4, 0.5) is 5.69 Å². The predicted molar refractivity (Wildman–Crippen MR) is 94.7 cm³/mol. The van der Waals surface area contributed by atoms with E-state index < -0.39 is 4.84 Å². The van der Waals surface area contributed by atoms with Gasteiger partial charge in [0, 0.05) is 11.1 Å². The number of fused-ring (bicyclic) bond motifs is 1. The summed E-state index contributed by atoms with van der Waals surface area (Å²) in [5, 5.41) is 6.68. The summed E-state index contributed by atoms with van der Waals surface area (Å²) in [6.45, 7) is 0.144. The molecule has 1 aliphatic heterocycles. The Labute approximate surface area is 157 Å². The Morgan fingerprint density at radius 1 is 1.12 bits per heavy atom. The lowest BCUT2D eigenvalue weighted by atomic mass is 10.1. The lowest BCUT2D eigenvalue weighted by Gasteiger charge is -2.09. The fourth-order valence-electron chi connectivity index (χ4n) is 2.45. The van der Waals surface area contributed by atoms with Crippen molar-refractivity contribution < 1.29 is 18.8 Å². The maximum absolute atomic E-state index is 12.6. The molecule has 132 valence electrons. The Morgan fingerprint density at radius 2 is 1.92 bits per heavy atom. The second-order valence-electron chi connectivity index (χ2n) is 5.32. The number of alkyl halides is 2. The minimum atomic E-state index is -0.924. The monoisotopic (exact) mass is 391 g/mol. The molecule has 0 aliphatic carbocycles. The van der Waals surface area contributed by atoms with Crippen LogP contribution >= 0.6 is 23.2 Å². The third kappa shape index (κ3) is 3.18. The average molecular weight is 392 g/mol. The number of hydrogen-bond donors (Lipinski definition) is 1. The smallest absolute Gasteiger partial charge is 0.260 e. The van der Waals surface area contributed by atoms with Crippen molar-refractivity contribution in [3.63, 3.8) is 0 Å². The van der Waals surface area contributed by atoms with Gasteiger partial charge in [0.1, 0.15) is 0 Å². The van der Waals surface area contributed by atoms with Gasteiger partial charge in [0.05, 0.1) is 5.69 Å². The number of carbonyl (C=O) groups excluding carboxylic acids is 1. The standard InChI is InChI=1S/C17H11Cl2N3O4/c18-14(19)17-21-15(22-26-17)10-3-1-2-4-11(10)20-16(23)9-5-6-12-13(7-9)25-8-24-12/h1-7,14H,8H2,(H,20,23). The van der Waals surface area contributed by atoms with Crippen molar-refractivity contribution in [1.29, 1.82) is 0 Å². The zero-order valence-electron chi connectivity index (χ0n) is 13.1. The summed E-state index contributed by atoms with van der Waals surface area (Å²) in [5.74, 6) is 1.18. The van der Waals surface area contributed by atoms with Crippen molar-refractivity contribution in [2.75, 3.05) is 12.1 Å². The first kappa shape index (κ1) is 16.7. The molecule has 0 atom stereocenters. The van der Waals surface area contributed by atoms with E-state index in [4.69, 9.17) is 37.2 Å². The van der Waals surface area contributed by atoms with Gasteiger partial charge in [-0.15, -0.1) is 0 Å². The zero-order valence-corrected chi connectivity index (χ0v) is 14.6. The molecule has 26 heavy (non-hydrogen) atoms. The molecule has 0 bridgehead atoms. The number of benzene rings is 2. The molecule has 0 unspecified atom stereocenters. The molecule has 0 fully saturated rings. The fourth-order valence-corrected chi connectivity index (χ4v) is 2.63. The van der Waals surface area contributed by atoms with Crippen LogP contribution in [0.2, 0.25) is 0 Å². The van der Waals surface area contributed by atoms with Gasteiger partial charge < -0.3 is 19.3 Å². The van der Waals surface area contributed by atoms with Crippen LogP contribution in [0.1, 0.15) is 21.1 Å². The number of aromatic nitrogens is 2. The molecule has 0 saturated carbocycles. The summed E-state index contributed by atoms with van der Waals surface area (Å²) in [6, 6.07) is 12.0. The molecule has 7 nitrogen and oxygen atoms in total. The predicted octanol–water partition coefficient (Wildman–Crippen LogP) is 4.19. The van der Waals surface area contributed by atoms with Crippen LogP contribution in [0.5, 0.6) is 11.5 Å². The van der Waals surface area contributed by atoms with Crippen molar-refractivity contribution in [1.82, 2.24) is 10.1 Å². The van der Waals surface area contributed by atoms with E-state index >= 15 is 0 Å². The number of hydrogen-bond acceptors (Lipinski definition) is 6. The average Bonchev–Trinajstić information content (AvgIpc) is 3.31. The number of carbonyl (C=O) groups is 1. The first-order chi connectivity index (χ1) is 12.6. The minimum Gasteiger partial charge on any atom is -0.454 e. The zero-order chi connectivity index (χ0) is 18.1. The van der Waals surface area contributed by atoms with E-state index in [1.54, 1.807) is 42.5 Å². The maximum atomic E-state index is 12.6. The van der Waals surface area contributed by atoms with Gasteiger partial charge in [-0.1, -0.05) is 40.5 Å². The highest BCUT2D eigenvalue weighted by molar-refractivity contribution is 6.43. The van der Waals surface area contributed by atoms with Crippen LogP contribution in [0.25, 0.3) is 11.4 Å². The Balaban J connectivity index is 1.61. The maximum Gasteiger partial charge on any atom is 0.260 e. The first-order valence-corrected chi connectivity index (χ1v) is 8.41. The summed E-state index contributed by atoms with van der Waals surface area (Å²) in [5.41, 5.74) is 1.52. The molecule has 4 rings (SSSR count). The van der Waals surface area contributed by atoms with Crippen LogP contribution < -0.4 is 14.8 Å². The number of anilines is 1. The Morgan fingerprint density at radius 3 is 2.73 bits per heavy atom.